The van der Waals surface area contributed by atoms with Crippen molar-refractivity contribution in [2.75, 3.05) is 27.9 Å². The highest BCUT2D eigenvalue weighted by molar-refractivity contribution is 5.82. The van der Waals surface area contributed by atoms with Crippen LogP contribution in [0, 0.1) is 5.92 Å². The highest BCUT2D eigenvalue weighted by Crippen LogP contribution is 2.49. The normalized spacial score (nSPS) is 20.2. The van der Waals surface area contributed by atoms with Gasteiger partial charge in [0, 0.05) is 17.6 Å². The van der Waals surface area contributed by atoms with E-state index in [9.17, 15) is 4.79 Å². The molecule has 0 fully saturated rings. The summed E-state index contributed by atoms with van der Waals surface area (Å²) in [4.78, 5) is 11.6. The summed E-state index contributed by atoms with van der Waals surface area (Å²) in [5.74, 6) is 1.63. The fourth-order valence-electron chi connectivity index (χ4n) is 2.54. The Balaban J connectivity index is 2.21. The van der Waals surface area contributed by atoms with Crippen LogP contribution in [0.2, 0.25) is 0 Å². The number of carbonyl (C=O) groups is 1. The number of rotatable bonds is 7. The Morgan fingerprint density at radius 1 is 1.19 bits per heavy atom. The molecule has 0 saturated carbocycles. The summed E-state index contributed by atoms with van der Waals surface area (Å²) >= 11 is 0. The Bertz CT molecular complexity index is 551. The van der Waals surface area contributed by atoms with E-state index in [1.807, 2.05) is 13.0 Å². The first-order chi connectivity index (χ1) is 10.2. The lowest BCUT2D eigenvalue weighted by Crippen LogP contribution is -2.03. The van der Waals surface area contributed by atoms with Crippen LogP contribution in [0.1, 0.15) is 13.3 Å². The number of allylic oxidation sites excluding steroid dienone is 4. The van der Waals surface area contributed by atoms with Crippen LogP contribution in [0.4, 0.5) is 0 Å². The molecule has 1 unspecified atom stereocenters. The van der Waals surface area contributed by atoms with Crippen molar-refractivity contribution in [3.63, 3.8) is 0 Å². The summed E-state index contributed by atoms with van der Waals surface area (Å²) in [6, 6.07) is 0. The van der Waals surface area contributed by atoms with Gasteiger partial charge in [-0.15, -0.1) is 0 Å². The number of hydrogen-bond donors (Lipinski definition) is 0. The van der Waals surface area contributed by atoms with Gasteiger partial charge in [0.15, 0.2) is 11.5 Å². The Labute approximate surface area is 124 Å². The van der Waals surface area contributed by atoms with E-state index < -0.39 is 0 Å². The molecule has 21 heavy (non-hydrogen) atoms. The molecule has 0 aliphatic heterocycles. The standard InChI is InChI=1S/C16H20O5/c1-5-8-21-13(17)7-6-10-11-9-12(18-2)14(10)16(20-4)15(11)19-3/h6-7,9-10H,5,8H2,1-4H3/b7-6+. The van der Waals surface area contributed by atoms with Crippen molar-refractivity contribution in [3.05, 3.63) is 46.7 Å². The largest absolute Gasteiger partial charge is 0.496 e. The van der Waals surface area contributed by atoms with Crippen LogP contribution in [0.25, 0.3) is 0 Å². The fraction of sp³-hybridized carbons (Fsp3) is 0.438. The maximum atomic E-state index is 11.6. The lowest BCUT2D eigenvalue weighted by atomic mass is 10.0. The van der Waals surface area contributed by atoms with Gasteiger partial charge in [-0.25, -0.2) is 4.79 Å². The van der Waals surface area contributed by atoms with Gasteiger partial charge in [-0.1, -0.05) is 13.0 Å². The third kappa shape index (κ3) is 2.68. The second-order valence-corrected chi connectivity index (χ2v) is 4.65. The fourth-order valence-corrected chi connectivity index (χ4v) is 2.54. The van der Waals surface area contributed by atoms with Gasteiger partial charge in [-0.3, -0.25) is 0 Å². The molecule has 5 nitrogen and oxygen atoms in total. The van der Waals surface area contributed by atoms with Crippen LogP contribution < -0.4 is 0 Å². The molecule has 0 aromatic carbocycles. The summed E-state index contributed by atoms with van der Waals surface area (Å²) in [5.41, 5.74) is 1.81. The van der Waals surface area contributed by atoms with Gasteiger partial charge in [0.25, 0.3) is 0 Å². The molecule has 0 saturated heterocycles. The van der Waals surface area contributed by atoms with Crippen LogP contribution in [-0.4, -0.2) is 33.9 Å². The van der Waals surface area contributed by atoms with Crippen molar-refractivity contribution in [1.82, 2.24) is 0 Å². The second-order valence-electron chi connectivity index (χ2n) is 4.65. The topological polar surface area (TPSA) is 54.0 Å². The molecule has 0 aromatic heterocycles. The Morgan fingerprint density at radius 2 is 1.90 bits per heavy atom. The van der Waals surface area contributed by atoms with Crippen LogP contribution in [0.3, 0.4) is 0 Å². The van der Waals surface area contributed by atoms with Gasteiger partial charge in [-0.2, -0.15) is 0 Å². The molecule has 2 bridgehead atoms. The zero-order chi connectivity index (χ0) is 15.4. The number of methoxy groups -OCH3 is 3. The molecule has 0 N–H and O–H groups in total. The molecule has 2 aliphatic carbocycles. The third-order valence-electron chi connectivity index (χ3n) is 3.41. The van der Waals surface area contributed by atoms with E-state index in [0.717, 1.165) is 23.3 Å². The monoisotopic (exact) mass is 292 g/mol. The van der Waals surface area contributed by atoms with Crippen molar-refractivity contribution >= 4 is 5.97 Å². The molecule has 0 amide bonds. The highest BCUT2D eigenvalue weighted by atomic mass is 16.5. The zero-order valence-corrected chi connectivity index (χ0v) is 12.8. The van der Waals surface area contributed by atoms with Crippen molar-refractivity contribution in [2.24, 2.45) is 5.92 Å². The summed E-state index contributed by atoms with van der Waals surface area (Å²) in [6.45, 7) is 2.38. The molecule has 114 valence electrons. The highest BCUT2D eigenvalue weighted by Gasteiger charge is 2.42. The summed E-state index contributed by atoms with van der Waals surface area (Å²) in [5, 5.41) is 0. The maximum absolute atomic E-state index is 11.6. The number of esters is 1. The molecule has 2 aliphatic rings. The molecular formula is C16H20O5. The van der Waals surface area contributed by atoms with Crippen molar-refractivity contribution in [3.8, 4) is 0 Å². The molecule has 0 spiro atoms. The number of hydrogen-bond acceptors (Lipinski definition) is 5. The van der Waals surface area contributed by atoms with Crippen LogP contribution >= 0.6 is 0 Å². The van der Waals surface area contributed by atoms with Gasteiger partial charge in [0.05, 0.1) is 33.5 Å². The van der Waals surface area contributed by atoms with E-state index in [0.29, 0.717) is 18.1 Å². The van der Waals surface area contributed by atoms with Crippen LogP contribution in [0.15, 0.2) is 46.7 Å². The van der Waals surface area contributed by atoms with Gasteiger partial charge >= 0.3 is 5.97 Å². The van der Waals surface area contributed by atoms with E-state index in [2.05, 4.69) is 0 Å². The van der Waals surface area contributed by atoms with Crippen molar-refractivity contribution in [2.45, 2.75) is 13.3 Å². The first-order valence-corrected chi connectivity index (χ1v) is 6.85. The minimum atomic E-state index is -0.346. The molecule has 0 radical (unpaired) electrons. The molecular weight excluding hydrogens is 272 g/mol. The smallest absolute Gasteiger partial charge is 0.330 e. The Kier molecular flexibility index (Phi) is 4.73. The van der Waals surface area contributed by atoms with E-state index in [4.69, 9.17) is 18.9 Å². The lowest BCUT2D eigenvalue weighted by molar-refractivity contribution is -0.137. The van der Waals surface area contributed by atoms with E-state index in [1.165, 1.54) is 6.08 Å². The summed E-state index contributed by atoms with van der Waals surface area (Å²) in [7, 11) is 4.79. The molecule has 5 heteroatoms. The van der Waals surface area contributed by atoms with Gasteiger partial charge < -0.3 is 18.9 Å². The lowest BCUT2D eigenvalue weighted by Gasteiger charge is -2.11. The molecule has 0 aromatic rings. The molecule has 2 rings (SSSR count). The van der Waals surface area contributed by atoms with E-state index in [-0.39, 0.29) is 11.9 Å². The van der Waals surface area contributed by atoms with E-state index in [1.54, 1.807) is 27.4 Å². The minimum absolute atomic E-state index is 0.0981. The Hall–Kier alpha value is -2.17. The van der Waals surface area contributed by atoms with Crippen molar-refractivity contribution < 1.29 is 23.7 Å². The molecule has 1 atom stereocenters. The Morgan fingerprint density at radius 3 is 2.48 bits per heavy atom. The van der Waals surface area contributed by atoms with E-state index >= 15 is 0 Å². The quantitative estimate of drug-likeness (QED) is 0.533. The van der Waals surface area contributed by atoms with Gasteiger partial charge in [-0.05, 0) is 12.5 Å². The second kappa shape index (κ2) is 6.52. The van der Waals surface area contributed by atoms with Gasteiger partial charge in [0.2, 0.25) is 0 Å². The zero-order valence-electron chi connectivity index (χ0n) is 12.8. The SMILES string of the molecule is CCCOC(=O)/C=C/C1C2=CC(OC)=C1C(OC)=C2OC. The minimum Gasteiger partial charge on any atom is -0.496 e. The predicted octanol–water partition coefficient (Wildman–Crippen LogP) is 2.47. The maximum Gasteiger partial charge on any atom is 0.330 e. The van der Waals surface area contributed by atoms with Gasteiger partial charge in [0.1, 0.15) is 5.76 Å². The van der Waals surface area contributed by atoms with Crippen molar-refractivity contribution in [1.29, 1.82) is 0 Å². The first kappa shape index (κ1) is 15.2. The van der Waals surface area contributed by atoms with Crippen LogP contribution in [0.5, 0.6) is 0 Å². The number of fused-ring (bicyclic) bond motifs is 2. The molecule has 0 heterocycles. The summed E-state index contributed by atoms with van der Waals surface area (Å²) < 4.78 is 21.2. The predicted molar refractivity (Wildman–Crippen MR) is 77.0 cm³/mol. The third-order valence-corrected chi connectivity index (χ3v) is 3.41. The first-order valence-electron chi connectivity index (χ1n) is 6.85. The van der Waals surface area contributed by atoms with Crippen LogP contribution in [-0.2, 0) is 23.7 Å². The summed E-state index contributed by atoms with van der Waals surface area (Å²) in [6.07, 6.45) is 5.94. The number of carbonyl (C=O) groups excluding carboxylic acids is 1. The average Bonchev–Trinajstić information content (AvgIpc) is 3.01. The number of ether oxygens (including phenoxy) is 4. The average molecular weight is 292 g/mol.